The van der Waals surface area contributed by atoms with E-state index >= 15 is 0 Å². The summed E-state index contributed by atoms with van der Waals surface area (Å²) in [5.74, 6) is 0.292. The predicted molar refractivity (Wildman–Crippen MR) is 72.1 cm³/mol. The van der Waals surface area contributed by atoms with E-state index in [1.165, 1.54) is 11.2 Å². The van der Waals surface area contributed by atoms with Crippen molar-refractivity contribution in [2.45, 2.75) is 25.5 Å². The van der Waals surface area contributed by atoms with Gasteiger partial charge < -0.3 is 5.11 Å². The molecule has 0 fully saturated rings. The number of aliphatic hydroxyl groups excluding tert-OH is 1. The summed E-state index contributed by atoms with van der Waals surface area (Å²) in [6.45, 7) is 3.72. The van der Waals surface area contributed by atoms with Crippen LogP contribution in [-0.4, -0.2) is 31.9 Å². The first-order valence-electron chi connectivity index (χ1n) is 6.17. The maximum Gasteiger partial charge on any atom is 0.240 e. The first-order chi connectivity index (χ1) is 8.46. The van der Waals surface area contributed by atoms with E-state index < -0.39 is 15.3 Å². The molecule has 1 aromatic carbocycles. The Bertz CT molecular complexity index is 527. The highest BCUT2D eigenvalue weighted by Crippen LogP contribution is 2.32. The van der Waals surface area contributed by atoms with E-state index in [1.807, 2.05) is 31.2 Å². The molecule has 2 unspecified atom stereocenters. The highest BCUT2D eigenvalue weighted by molar-refractivity contribution is 7.93. The van der Waals surface area contributed by atoms with Gasteiger partial charge in [0.25, 0.3) is 0 Å². The molecular formula is C13H19NO3S. The number of rotatable bonds is 3. The molecular weight excluding hydrogens is 250 g/mol. The Morgan fingerprint density at radius 2 is 2.11 bits per heavy atom. The van der Waals surface area contributed by atoms with Crippen molar-refractivity contribution in [3.8, 4) is 0 Å². The molecule has 0 bridgehead atoms. The third-order valence-electron chi connectivity index (χ3n) is 3.38. The molecule has 0 saturated carbocycles. The van der Waals surface area contributed by atoms with E-state index in [0.29, 0.717) is 12.5 Å². The molecule has 1 heterocycles. The van der Waals surface area contributed by atoms with Crippen LogP contribution in [0.2, 0.25) is 0 Å². The Kier molecular flexibility index (Phi) is 3.64. The number of nitrogens with zero attached hydrogens (tertiary/aromatic N) is 1. The van der Waals surface area contributed by atoms with Crippen molar-refractivity contribution < 1.29 is 13.5 Å². The van der Waals surface area contributed by atoms with Crippen LogP contribution in [-0.2, 0) is 16.4 Å². The van der Waals surface area contributed by atoms with Crippen molar-refractivity contribution >= 4 is 15.7 Å². The zero-order valence-electron chi connectivity index (χ0n) is 10.7. The van der Waals surface area contributed by atoms with Crippen molar-refractivity contribution in [3.05, 3.63) is 29.8 Å². The summed E-state index contributed by atoms with van der Waals surface area (Å²) in [5, 5.41) is 8.34. The van der Waals surface area contributed by atoms with Gasteiger partial charge in [-0.15, -0.1) is 0 Å². The molecule has 1 aromatic rings. The Hall–Kier alpha value is -1.07. The molecule has 5 heteroatoms. The minimum Gasteiger partial charge on any atom is -0.395 e. The third kappa shape index (κ3) is 2.24. The van der Waals surface area contributed by atoms with E-state index in [-0.39, 0.29) is 6.61 Å². The average molecular weight is 269 g/mol. The second-order valence-electron chi connectivity index (χ2n) is 5.01. The molecule has 0 radical (unpaired) electrons. The van der Waals surface area contributed by atoms with E-state index in [9.17, 15) is 8.42 Å². The third-order valence-corrected chi connectivity index (χ3v) is 5.51. The van der Waals surface area contributed by atoms with Gasteiger partial charge in [0.2, 0.25) is 10.0 Å². The summed E-state index contributed by atoms with van der Waals surface area (Å²) in [4.78, 5) is 0. The van der Waals surface area contributed by atoms with Gasteiger partial charge in [-0.1, -0.05) is 25.1 Å². The van der Waals surface area contributed by atoms with Crippen LogP contribution in [0.1, 0.15) is 19.4 Å². The molecule has 2 atom stereocenters. The van der Waals surface area contributed by atoms with E-state index in [1.54, 1.807) is 0 Å². The van der Waals surface area contributed by atoms with Crippen molar-refractivity contribution in [3.63, 3.8) is 0 Å². The number of hydrogen-bond acceptors (Lipinski definition) is 3. The lowest BCUT2D eigenvalue weighted by Gasteiger charge is -2.35. The van der Waals surface area contributed by atoms with Crippen LogP contribution >= 0.6 is 0 Å². The van der Waals surface area contributed by atoms with Gasteiger partial charge in [0.15, 0.2) is 0 Å². The smallest absolute Gasteiger partial charge is 0.240 e. The maximum absolute atomic E-state index is 12.4. The minimum atomic E-state index is -3.48. The van der Waals surface area contributed by atoms with Gasteiger partial charge in [0.05, 0.1) is 12.3 Å². The SMILES string of the molecule is CC1Cc2ccccc2N(S(=O)(=O)C(C)CO)C1. The number of fused-ring (bicyclic) bond motifs is 1. The van der Waals surface area contributed by atoms with Crippen LogP contribution in [0.4, 0.5) is 5.69 Å². The van der Waals surface area contributed by atoms with E-state index in [0.717, 1.165) is 17.7 Å². The van der Waals surface area contributed by atoms with Gasteiger partial charge in [-0.3, -0.25) is 4.31 Å². The second-order valence-corrected chi connectivity index (χ2v) is 7.28. The molecule has 1 aliphatic rings. The summed E-state index contributed by atoms with van der Waals surface area (Å²) in [6, 6.07) is 7.58. The minimum absolute atomic E-state index is 0.292. The summed E-state index contributed by atoms with van der Waals surface area (Å²) >= 11 is 0. The predicted octanol–water partition coefficient (Wildman–Crippen LogP) is 1.40. The van der Waals surface area contributed by atoms with Gasteiger partial charge in [0.1, 0.15) is 5.25 Å². The lowest BCUT2D eigenvalue weighted by atomic mass is 9.96. The maximum atomic E-state index is 12.4. The molecule has 0 aliphatic carbocycles. The van der Waals surface area contributed by atoms with Crippen LogP contribution in [0.3, 0.4) is 0 Å². The van der Waals surface area contributed by atoms with Crippen LogP contribution in [0, 0.1) is 5.92 Å². The van der Waals surface area contributed by atoms with Crippen molar-refractivity contribution in [1.29, 1.82) is 0 Å². The van der Waals surface area contributed by atoms with E-state index in [2.05, 4.69) is 0 Å². The number of anilines is 1. The Morgan fingerprint density at radius 3 is 2.78 bits per heavy atom. The summed E-state index contributed by atoms with van der Waals surface area (Å²) < 4.78 is 26.2. The van der Waals surface area contributed by atoms with E-state index in [4.69, 9.17) is 5.11 Å². The van der Waals surface area contributed by atoms with Gasteiger partial charge >= 0.3 is 0 Å². The number of sulfonamides is 1. The van der Waals surface area contributed by atoms with Crippen molar-refractivity contribution in [1.82, 2.24) is 0 Å². The topological polar surface area (TPSA) is 57.6 Å². The number of benzene rings is 1. The van der Waals surface area contributed by atoms with Crippen molar-refractivity contribution in [2.75, 3.05) is 17.5 Å². The first kappa shape index (κ1) is 13.4. The zero-order valence-corrected chi connectivity index (χ0v) is 11.5. The summed E-state index contributed by atoms with van der Waals surface area (Å²) in [7, 11) is -3.48. The van der Waals surface area contributed by atoms with Crippen LogP contribution < -0.4 is 4.31 Å². The normalized spacial score (nSPS) is 21.5. The number of hydrogen-bond donors (Lipinski definition) is 1. The van der Waals surface area contributed by atoms with Gasteiger partial charge in [-0.2, -0.15) is 0 Å². The largest absolute Gasteiger partial charge is 0.395 e. The Labute approximate surface area is 108 Å². The fourth-order valence-corrected chi connectivity index (χ4v) is 3.84. The summed E-state index contributed by atoms with van der Waals surface area (Å²) in [6.07, 6.45) is 0.899. The monoisotopic (exact) mass is 269 g/mol. The first-order valence-corrected chi connectivity index (χ1v) is 7.67. The fourth-order valence-electron chi connectivity index (χ4n) is 2.30. The molecule has 1 N–H and O–H groups in total. The standard InChI is InChI=1S/C13H19NO3S/c1-10-7-12-5-3-4-6-13(12)14(8-10)18(16,17)11(2)9-15/h3-6,10-11,15H,7-9H2,1-2H3. The molecule has 0 spiro atoms. The van der Waals surface area contributed by atoms with Gasteiger partial charge in [0, 0.05) is 6.54 Å². The zero-order chi connectivity index (χ0) is 13.3. The van der Waals surface area contributed by atoms with Gasteiger partial charge in [-0.05, 0) is 30.9 Å². The van der Waals surface area contributed by atoms with Crippen LogP contribution in [0.5, 0.6) is 0 Å². The quantitative estimate of drug-likeness (QED) is 0.902. The molecule has 4 nitrogen and oxygen atoms in total. The average Bonchev–Trinajstić information content (AvgIpc) is 2.36. The Balaban J connectivity index is 2.47. The molecule has 0 aromatic heterocycles. The van der Waals surface area contributed by atoms with Gasteiger partial charge in [-0.25, -0.2) is 8.42 Å². The lowest BCUT2D eigenvalue weighted by Crippen LogP contribution is -2.44. The van der Waals surface area contributed by atoms with Crippen molar-refractivity contribution in [2.24, 2.45) is 5.92 Å². The molecule has 0 amide bonds. The Morgan fingerprint density at radius 1 is 1.44 bits per heavy atom. The molecule has 100 valence electrons. The molecule has 1 aliphatic heterocycles. The highest BCUT2D eigenvalue weighted by atomic mass is 32.2. The summed E-state index contributed by atoms with van der Waals surface area (Å²) in [5.41, 5.74) is 1.82. The lowest BCUT2D eigenvalue weighted by molar-refractivity contribution is 0.295. The van der Waals surface area contributed by atoms with Crippen LogP contribution in [0.15, 0.2) is 24.3 Å². The second kappa shape index (κ2) is 4.90. The number of para-hydroxylation sites is 1. The van der Waals surface area contributed by atoms with Crippen LogP contribution in [0.25, 0.3) is 0 Å². The highest BCUT2D eigenvalue weighted by Gasteiger charge is 2.33. The molecule has 18 heavy (non-hydrogen) atoms. The fraction of sp³-hybridized carbons (Fsp3) is 0.538. The molecule has 0 saturated heterocycles. The molecule has 2 rings (SSSR count). The number of aliphatic hydroxyl groups is 1.